The number of nitrogens with zero attached hydrogens (tertiary/aromatic N) is 1. The molecule has 0 aromatic heterocycles. The second-order valence-electron chi connectivity index (χ2n) is 9.90. The summed E-state index contributed by atoms with van der Waals surface area (Å²) in [5, 5.41) is 3.43. The van der Waals surface area contributed by atoms with E-state index in [-0.39, 0.29) is 36.0 Å². The van der Waals surface area contributed by atoms with E-state index in [4.69, 9.17) is 4.74 Å². The average molecular weight is 585 g/mol. The highest BCUT2D eigenvalue weighted by molar-refractivity contribution is 7.99. The van der Waals surface area contributed by atoms with Crippen molar-refractivity contribution in [1.29, 1.82) is 0 Å². The number of nitrogens with one attached hydrogen (secondary N) is 1. The number of rotatable bonds is 20. The van der Waals surface area contributed by atoms with E-state index in [1.807, 2.05) is 11.8 Å². The van der Waals surface area contributed by atoms with Gasteiger partial charge in [-0.15, -0.1) is 0 Å². The zero-order chi connectivity index (χ0) is 22.6. The highest BCUT2D eigenvalue weighted by Crippen LogP contribution is 2.16. The number of halogens is 1. The molecule has 4 nitrogen and oxygen atoms in total. The number of piperazine rings is 1. The van der Waals surface area contributed by atoms with Crippen LogP contribution in [0, 0.1) is 0 Å². The van der Waals surface area contributed by atoms with E-state index < -0.39 is 0 Å². The van der Waals surface area contributed by atoms with Gasteiger partial charge in [0.1, 0.15) is 6.54 Å². The van der Waals surface area contributed by atoms with Crippen molar-refractivity contribution in [3.8, 4) is 0 Å². The Hall–Kier alpha value is 0.470. The van der Waals surface area contributed by atoms with E-state index >= 15 is 0 Å². The van der Waals surface area contributed by atoms with Crippen molar-refractivity contribution in [3.05, 3.63) is 0 Å². The lowest BCUT2D eigenvalue weighted by atomic mass is 10.0. The summed E-state index contributed by atoms with van der Waals surface area (Å²) in [6.07, 6.45) is 19.8. The Balaban J connectivity index is 0.00000961. The van der Waals surface area contributed by atoms with Gasteiger partial charge in [0.2, 0.25) is 0 Å². The number of carbonyl (C=O) groups is 1. The smallest absolute Gasteiger partial charge is 0.303 e. The molecule has 0 aliphatic carbocycles. The van der Waals surface area contributed by atoms with E-state index in [0.717, 1.165) is 43.0 Å². The van der Waals surface area contributed by atoms with Gasteiger partial charge < -0.3 is 38.5 Å². The van der Waals surface area contributed by atoms with Crippen LogP contribution in [0.1, 0.15) is 104 Å². The van der Waals surface area contributed by atoms with Crippen LogP contribution >= 0.6 is 11.8 Å². The molecule has 1 aliphatic heterocycles. The Morgan fingerprint density at radius 2 is 1.34 bits per heavy atom. The number of quaternary nitrogens is 1. The predicted octanol–water partition coefficient (Wildman–Crippen LogP) is 3.19. The van der Waals surface area contributed by atoms with Crippen LogP contribution in [0.15, 0.2) is 0 Å². The van der Waals surface area contributed by atoms with Gasteiger partial charge in [-0.05, 0) is 12.2 Å². The first-order valence-electron chi connectivity index (χ1n) is 13.3. The average Bonchev–Trinajstić information content (AvgIpc) is 2.73. The number of unbranched alkanes of at least 4 members (excludes halogenated alkanes) is 13. The fourth-order valence-corrected chi connectivity index (χ4v) is 5.59. The summed E-state index contributed by atoms with van der Waals surface area (Å²) >= 11 is 1.97. The summed E-state index contributed by atoms with van der Waals surface area (Å²) in [5.41, 5.74) is 0. The van der Waals surface area contributed by atoms with E-state index in [0.29, 0.717) is 0 Å². The van der Waals surface area contributed by atoms with Crippen LogP contribution < -0.4 is 29.3 Å². The third kappa shape index (κ3) is 18.8. The molecule has 0 radical (unpaired) electrons. The van der Waals surface area contributed by atoms with Crippen LogP contribution in [0.2, 0.25) is 0 Å². The van der Waals surface area contributed by atoms with Crippen molar-refractivity contribution < 1.29 is 38.0 Å². The Kier molecular flexibility index (Phi) is 22.3. The van der Waals surface area contributed by atoms with Gasteiger partial charge in [0.05, 0.1) is 20.1 Å². The molecule has 1 heterocycles. The molecule has 0 aromatic rings. The third-order valence-corrected chi connectivity index (χ3v) is 7.76. The molecule has 1 fully saturated rings. The Morgan fingerprint density at radius 3 is 1.81 bits per heavy atom. The molecular formula is C26H53IN2O2S. The van der Waals surface area contributed by atoms with Gasteiger partial charge >= 0.3 is 5.97 Å². The van der Waals surface area contributed by atoms with Crippen molar-refractivity contribution >= 4 is 17.7 Å². The normalized spacial score (nSPS) is 16.3. The van der Waals surface area contributed by atoms with Gasteiger partial charge in [-0.2, -0.15) is 11.8 Å². The summed E-state index contributed by atoms with van der Waals surface area (Å²) < 4.78 is 6.66. The van der Waals surface area contributed by atoms with E-state index in [2.05, 4.69) is 19.3 Å². The topological polar surface area (TPSA) is 38.3 Å². The molecule has 0 spiro atoms. The molecular weight excluding hydrogens is 531 g/mol. The van der Waals surface area contributed by atoms with Crippen LogP contribution in [0.25, 0.3) is 0 Å². The quantitative estimate of drug-likeness (QED) is 0.103. The number of likely N-dealkylation sites (N-methyl/N-ethyl adjacent to an activating group) is 1. The first-order valence-corrected chi connectivity index (χ1v) is 14.5. The maximum absolute atomic E-state index is 11.5. The lowest BCUT2D eigenvalue weighted by Crippen LogP contribution is -3.00. The van der Waals surface area contributed by atoms with Crippen LogP contribution in [-0.2, 0) is 9.53 Å². The number of carbonyl (C=O) groups excluding carboxylic acids is 1. The molecule has 192 valence electrons. The fraction of sp³-hybridized carbons (Fsp3) is 0.962. The highest BCUT2D eigenvalue weighted by atomic mass is 127. The largest absolute Gasteiger partial charge is 1.00 e. The monoisotopic (exact) mass is 584 g/mol. The molecule has 1 N–H and O–H groups in total. The Bertz CT molecular complexity index is 434. The summed E-state index contributed by atoms with van der Waals surface area (Å²) in [7, 11) is 2.30. The second kappa shape index (κ2) is 22.0. The molecule has 0 bridgehead atoms. The molecule has 1 aliphatic rings. The van der Waals surface area contributed by atoms with Crippen molar-refractivity contribution in [2.24, 2.45) is 0 Å². The highest BCUT2D eigenvalue weighted by Gasteiger charge is 2.29. The molecule has 1 atom stereocenters. The van der Waals surface area contributed by atoms with Crippen molar-refractivity contribution in [2.45, 2.75) is 110 Å². The third-order valence-electron chi connectivity index (χ3n) is 6.58. The first-order chi connectivity index (χ1) is 15.1. The summed E-state index contributed by atoms with van der Waals surface area (Å²) in [4.78, 5) is 11.5. The maximum atomic E-state index is 11.5. The number of hydrogen-bond acceptors (Lipinski definition) is 4. The minimum Gasteiger partial charge on any atom is -1.00 e. The van der Waals surface area contributed by atoms with E-state index in [1.165, 1.54) is 95.6 Å². The van der Waals surface area contributed by atoms with Gasteiger partial charge in [-0.3, -0.25) is 4.79 Å². The van der Waals surface area contributed by atoms with Gasteiger partial charge in [-0.25, -0.2) is 0 Å². The zero-order valence-corrected chi connectivity index (χ0v) is 24.5. The predicted molar refractivity (Wildman–Crippen MR) is 137 cm³/mol. The Morgan fingerprint density at radius 1 is 0.875 bits per heavy atom. The number of hydrogen-bond donors (Lipinski definition) is 1. The first kappa shape index (κ1) is 32.5. The summed E-state index contributed by atoms with van der Waals surface area (Å²) in [6, 6.07) is 0. The van der Waals surface area contributed by atoms with Crippen molar-refractivity contribution in [2.75, 3.05) is 51.3 Å². The van der Waals surface area contributed by atoms with Crippen molar-refractivity contribution in [3.63, 3.8) is 0 Å². The minimum absolute atomic E-state index is 0. The van der Waals surface area contributed by atoms with Gasteiger partial charge in [0.15, 0.2) is 6.10 Å². The molecule has 0 amide bonds. The molecule has 1 saturated heterocycles. The SMILES string of the molecule is CCCCCCCCCCCCCCCCSCC(C[N+]1(C)CCNCC1)OC(C)=O.[I-]. The molecule has 0 aromatic carbocycles. The van der Waals surface area contributed by atoms with Crippen LogP contribution in [0.4, 0.5) is 0 Å². The van der Waals surface area contributed by atoms with Crippen molar-refractivity contribution in [1.82, 2.24) is 5.32 Å². The van der Waals surface area contributed by atoms with E-state index in [1.54, 1.807) is 6.92 Å². The maximum Gasteiger partial charge on any atom is 0.303 e. The Labute approximate surface area is 221 Å². The molecule has 1 rings (SSSR count). The zero-order valence-electron chi connectivity index (χ0n) is 21.5. The minimum atomic E-state index is -0.135. The molecule has 32 heavy (non-hydrogen) atoms. The molecule has 6 heteroatoms. The van der Waals surface area contributed by atoms with E-state index in [9.17, 15) is 4.79 Å². The van der Waals surface area contributed by atoms with Gasteiger partial charge in [0.25, 0.3) is 0 Å². The molecule has 1 unspecified atom stereocenters. The molecule has 0 saturated carbocycles. The van der Waals surface area contributed by atoms with Crippen LogP contribution in [0.5, 0.6) is 0 Å². The standard InChI is InChI=1S/C26H53N2O2S.HI/c1-4-5-6-7-8-9-10-11-12-13-14-15-16-17-22-31-24-26(30-25(2)29)23-28(3)20-18-27-19-21-28;/h26-27H,4-24H2,1-3H3;1H/q+1;/p-1. The fourth-order valence-electron chi connectivity index (χ4n) is 4.58. The summed E-state index contributed by atoms with van der Waals surface area (Å²) in [6.45, 7) is 9.17. The lowest BCUT2D eigenvalue weighted by Gasteiger charge is -2.40. The summed E-state index contributed by atoms with van der Waals surface area (Å²) in [5.74, 6) is 2.00. The van der Waals surface area contributed by atoms with Gasteiger partial charge in [-0.1, -0.05) is 90.4 Å². The number of esters is 1. The van der Waals surface area contributed by atoms with Gasteiger partial charge in [0, 0.05) is 25.8 Å². The number of thioether (sulfide) groups is 1. The second-order valence-corrected chi connectivity index (χ2v) is 11.1. The number of ether oxygens (including phenoxy) is 1. The van der Waals surface area contributed by atoms with Crippen LogP contribution in [0.3, 0.4) is 0 Å². The van der Waals surface area contributed by atoms with Crippen LogP contribution in [-0.4, -0.2) is 67.8 Å². The lowest BCUT2D eigenvalue weighted by molar-refractivity contribution is -0.913.